The first-order valence-electron chi connectivity index (χ1n) is 5.86. The smallest absolute Gasteiger partial charge is 0.328 e. The van der Waals surface area contributed by atoms with Crippen molar-refractivity contribution in [1.82, 2.24) is 9.55 Å². The summed E-state index contributed by atoms with van der Waals surface area (Å²) in [5, 5.41) is 13.6. The Balaban J connectivity index is 2.43. The van der Waals surface area contributed by atoms with Gasteiger partial charge in [0.05, 0.1) is 17.7 Å². The molecule has 0 aliphatic rings. The third-order valence-corrected chi connectivity index (χ3v) is 2.85. The Morgan fingerprint density at radius 1 is 1.43 bits per heavy atom. The first kappa shape index (κ1) is 14.4. The van der Waals surface area contributed by atoms with Crippen molar-refractivity contribution < 1.29 is 9.31 Å². The Hall–Kier alpha value is -2.97. The molecule has 9 heteroatoms. The summed E-state index contributed by atoms with van der Waals surface area (Å²) in [6, 6.07) is 4.33. The zero-order valence-corrected chi connectivity index (χ0v) is 10.9. The number of aromatic amines is 1. The number of nitrogens with zero attached hydrogens (tertiary/aromatic N) is 2. The van der Waals surface area contributed by atoms with Crippen molar-refractivity contribution in [2.24, 2.45) is 0 Å². The Kier molecular flexibility index (Phi) is 3.83. The summed E-state index contributed by atoms with van der Waals surface area (Å²) in [6.45, 7) is -0.0998. The lowest BCUT2D eigenvalue weighted by Gasteiger charge is -2.07. The van der Waals surface area contributed by atoms with Crippen LogP contribution in [-0.2, 0) is 6.54 Å². The molecule has 0 amide bonds. The maximum absolute atomic E-state index is 13.2. The third kappa shape index (κ3) is 2.96. The lowest BCUT2D eigenvalue weighted by molar-refractivity contribution is -0.384. The van der Waals surface area contributed by atoms with Gasteiger partial charge in [-0.2, -0.15) is 4.39 Å². The van der Waals surface area contributed by atoms with Crippen LogP contribution < -0.4 is 16.6 Å². The molecule has 8 nitrogen and oxygen atoms in total. The molecular formula is C12H11FN4O4. The molecule has 2 N–H and O–H groups in total. The van der Waals surface area contributed by atoms with Gasteiger partial charge < -0.3 is 5.32 Å². The average molecular weight is 294 g/mol. The number of halogens is 1. The zero-order chi connectivity index (χ0) is 15.6. The second-order valence-electron chi connectivity index (χ2n) is 4.22. The quantitative estimate of drug-likeness (QED) is 0.636. The van der Waals surface area contributed by atoms with Gasteiger partial charge in [0, 0.05) is 13.1 Å². The summed E-state index contributed by atoms with van der Waals surface area (Å²) in [4.78, 5) is 34.7. The van der Waals surface area contributed by atoms with Gasteiger partial charge in [0.2, 0.25) is 5.82 Å². The fourth-order valence-electron chi connectivity index (χ4n) is 1.83. The van der Waals surface area contributed by atoms with E-state index in [-0.39, 0.29) is 12.2 Å². The molecule has 0 aliphatic heterocycles. The molecule has 1 aromatic heterocycles. The molecule has 0 saturated heterocycles. The maximum atomic E-state index is 13.2. The molecule has 110 valence electrons. The van der Waals surface area contributed by atoms with Crippen LogP contribution in [0.15, 0.2) is 34.0 Å². The Labute approximate surface area is 117 Å². The molecule has 0 spiro atoms. The van der Waals surface area contributed by atoms with Crippen LogP contribution in [0.5, 0.6) is 0 Å². The summed E-state index contributed by atoms with van der Waals surface area (Å²) >= 11 is 0. The molecule has 2 aromatic rings. The normalized spacial score (nSPS) is 10.4. The zero-order valence-electron chi connectivity index (χ0n) is 10.9. The fourth-order valence-corrected chi connectivity index (χ4v) is 1.83. The van der Waals surface area contributed by atoms with Gasteiger partial charge in [0.1, 0.15) is 5.69 Å². The van der Waals surface area contributed by atoms with Crippen LogP contribution in [0, 0.1) is 15.9 Å². The number of nitro groups is 1. The first-order valence-corrected chi connectivity index (χ1v) is 5.86. The highest BCUT2D eigenvalue weighted by Crippen LogP contribution is 2.25. The van der Waals surface area contributed by atoms with E-state index in [9.17, 15) is 24.1 Å². The van der Waals surface area contributed by atoms with Gasteiger partial charge in [-0.05, 0) is 11.6 Å². The average Bonchev–Trinajstić information content (AvgIpc) is 2.44. The van der Waals surface area contributed by atoms with E-state index in [2.05, 4.69) is 5.32 Å². The summed E-state index contributed by atoms with van der Waals surface area (Å²) in [5.74, 6) is -1.10. The van der Waals surface area contributed by atoms with E-state index in [1.165, 1.54) is 12.1 Å². The number of benzene rings is 1. The highest BCUT2D eigenvalue weighted by molar-refractivity contribution is 5.62. The van der Waals surface area contributed by atoms with Gasteiger partial charge in [0.15, 0.2) is 0 Å². The van der Waals surface area contributed by atoms with Crippen LogP contribution in [0.4, 0.5) is 15.8 Å². The number of rotatable bonds is 4. The molecule has 1 aromatic carbocycles. The molecule has 0 saturated carbocycles. The minimum atomic E-state index is -1.10. The van der Waals surface area contributed by atoms with Gasteiger partial charge in [-0.1, -0.05) is 6.07 Å². The van der Waals surface area contributed by atoms with Crippen LogP contribution in [0.25, 0.3) is 0 Å². The van der Waals surface area contributed by atoms with E-state index >= 15 is 0 Å². The topological polar surface area (TPSA) is 110 Å². The molecule has 0 aliphatic carbocycles. The second kappa shape index (κ2) is 5.57. The van der Waals surface area contributed by atoms with Crippen molar-refractivity contribution in [1.29, 1.82) is 0 Å². The molecule has 0 unspecified atom stereocenters. The van der Waals surface area contributed by atoms with Gasteiger partial charge in [-0.3, -0.25) is 24.5 Å². The summed E-state index contributed by atoms with van der Waals surface area (Å²) in [6.07, 6.45) is 0.763. The molecular weight excluding hydrogens is 283 g/mol. The van der Waals surface area contributed by atoms with Gasteiger partial charge in [-0.15, -0.1) is 0 Å². The van der Waals surface area contributed by atoms with Crippen molar-refractivity contribution in [2.45, 2.75) is 6.54 Å². The molecule has 0 atom stereocenters. The first-order chi connectivity index (χ1) is 9.92. The Morgan fingerprint density at radius 3 is 2.76 bits per heavy atom. The number of nitrogens with one attached hydrogen (secondary N) is 2. The minimum Gasteiger partial charge on any atom is -0.383 e. The largest absolute Gasteiger partial charge is 0.383 e. The Bertz CT molecular complexity index is 812. The van der Waals surface area contributed by atoms with Crippen molar-refractivity contribution in [2.75, 3.05) is 12.4 Å². The van der Waals surface area contributed by atoms with E-state index in [1.807, 2.05) is 4.98 Å². The molecule has 1 heterocycles. The van der Waals surface area contributed by atoms with Crippen LogP contribution in [0.3, 0.4) is 0 Å². The molecule has 21 heavy (non-hydrogen) atoms. The summed E-state index contributed by atoms with van der Waals surface area (Å²) in [5.41, 5.74) is -1.31. The number of nitro benzene ring substituents is 1. The Morgan fingerprint density at radius 2 is 2.14 bits per heavy atom. The minimum absolute atomic E-state index is 0.0998. The maximum Gasteiger partial charge on any atom is 0.328 e. The number of hydrogen-bond acceptors (Lipinski definition) is 5. The number of anilines is 1. The molecule has 0 fully saturated rings. The van der Waals surface area contributed by atoms with Crippen molar-refractivity contribution in [3.63, 3.8) is 0 Å². The van der Waals surface area contributed by atoms with E-state index in [0.29, 0.717) is 11.3 Å². The monoisotopic (exact) mass is 294 g/mol. The highest BCUT2D eigenvalue weighted by atomic mass is 19.1. The van der Waals surface area contributed by atoms with Crippen LogP contribution in [0.1, 0.15) is 5.56 Å². The van der Waals surface area contributed by atoms with Gasteiger partial charge in [0.25, 0.3) is 11.2 Å². The summed E-state index contributed by atoms with van der Waals surface area (Å²) < 4.78 is 14.1. The lowest BCUT2D eigenvalue weighted by atomic mass is 10.1. The molecule has 2 rings (SSSR count). The predicted molar refractivity (Wildman–Crippen MR) is 73.0 cm³/mol. The van der Waals surface area contributed by atoms with E-state index in [1.54, 1.807) is 13.1 Å². The number of aromatic nitrogens is 2. The number of hydrogen-bond donors (Lipinski definition) is 2. The highest BCUT2D eigenvalue weighted by Gasteiger charge is 2.14. The second-order valence-corrected chi connectivity index (χ2v) is 4.22. The van der Waals surface area contributed by atoms with Gasteiger partial charge >= 0.3 is 5.69 Å². The van der Waals surface area contributed by atoms with Crippen molar-refractivity contribution in [3.05, 3.63) is 66.7 Å². The van der Waals surface area contributed by atoms with E-state index in [4.69, 9.17) is 0 Å². The summed E-state index contributed by atoms with van der Waals surface area (Å²) in [7, 11) is 1.55. The predicted octanol–water partition coefficient (Wildman–Crippen LogP) is 0.674. The SMILES string of the molecule is CNc1ccc(Cn2cc(F)c(=O)[nH]c2=O)cc1[N+](=O)[O-]. The standard InChI is InChI=1S/C12H11FN4O4/c1-14-9-3-2-7(4-10(9)17(20)21)5-16-6-8(13)11(18)15-12(16)19/h2-4,6,14H,5H2,1H3,(H,15,18,19). The van der Waals surface area contributed by atoms with Crippen molar-refractivity contribution >= 4 is 11.4 Å². The lowest BCUT2D eigenvalue weighted by Crippen LogP contribution is -2.31. The van der Waals surface area contributed by atoms with Crippen LogP contribution in [0.2, 0.25) is 0 Å². The van der Waals surface area contributed by atoms with E-state index in [0.717, 1.165) is 10.8 Å². The third-order valence-electron chi connectivity index (χ3n) is 2.85. The van der Waals surface area contributed by atoms with Crippen LogP contribution in [-0.4, -0.2) is 21.5 Å². The van der Waals surface area contributed by atoms with Gasteiger partial charge in [-0.25, -0.2) is 4.79 Å². The molecule has 0 bridgehead atoms. The fraction of sp³-hybridized carbons (Fsp3) is 0.167. The number of H-pyrrole nitrogens is 1. The van der Waals surface area contributed by atoms with E-state index < -0.39 is 22.0 Å². The van der Waals surface area contributed by atoms with Crippen LogP contribution >= 0.6 is 0 Å². The molecule has 0 radical (unpaired) electrons. The van der Waals surface area contributed by atoms with Crippen molar-refractivity contribution in [3.8, 4) is 0 Å².